The number of sulfone groups is 1. The molecule has 6 nitrogen and oxygen atoms in total. The molecule has 0 aromatic heterocycles. The Balaban J connectivity index is 2.57. The van der Waals surface area contributed by atoms with Gasteiger partial charge in [0.2, 0.25) is 15.7 Å². The fourth-order valence-electron chi connectivity index (χ4n) is 1.41. The minimum absolute atomic E-state index is 0.0560. The van der Waals surface area contributed by atoms with Gasteiger partial charge in [0.25, 0.3) is 0 Å². The Morgan fingerprint density at radius 2 is 1.90 bits per heavy atom. The third-order valence-electron chi connectivity index (χ3n) is 2.47. The van der Waals surface area contributed by atoms with E-state index in [4.69, 9.17) is 4.74 Å². The molecule has 0 atom stereocenters. The zero-order valence-electron chi connectivity index (χ0n) is 11.3. The maximum atomic E-state index is 12.3. The highest BCUT2D eigenvalue weighted by atomic mass is 32.2. The summed E-state index contributed by atoms with van der Waals surface area (Å²) in [5, 5.41) is 5.33. The lowest BCUT2D eigenvalue weighted by Crippen LogP contribution is -2.30. The first-order chi connectivity index (χ1) is 9.87. The van der Waals surface area contributed by atoms with Crippen LogP contribution in [-0.4, -0.2) is 46.9 Å². The van der Waals surface area contributed by atoms with Gasteiger partial charge < -0.3 is 15.4 Å². The second-order valence-corrected chi connectivity index (χ2v) is 5.97. The highest BCUT2D eigenvalue weighted by Gasteiger charge is 2.26. The van der Waals surface area contributed by atoms with Gasteiger partial charge in [-0.15, -0.1) is 0 Å². The molecule has 0 aliphatic rings. The van der Waals surface area contributed by atoms with Crippen LogP contribution in [0.25, 0.3) is 0 Å². The molecule has 0 fully saturated rings. The Kier molecular flexibility index (Phi) is 6.66. The van der Waals surface area contributed by atoms with Crippen molar-refractivity contribution in [2.75, 3.05) is 32.1 Å². The minimum atomic E-state index is -4.61. The number of nitrogens with one attached hydrogen (secondary N) is 2. The molecule has 0 heterocycles. The Morgan fingerprint density at radius 1 is 1.29 bits per heavy atom. The summed E-state index contributed by atoms with van der Waals surface area (Å²) in [7, 11) is -3.08. The molecule has 21 heavy (non-hydrogen) atoms. The molecule has 0 spiro atoms. The van der Waals surface area contributed by atoms with Gasteiger partial charge >= 0.3 is 5.76 Å². The average molecular weight is 322 g/mol. The lowest BCUT2D eigenvalue weighted by molar-refractivity contribution is -0.115. The maximum absolute atomic E-state index is 12.3. The molecule has 1 amide bonds. The summed E-state index contributed by atoms with van der Waals surface area (Å²) >= 11 is 0. The van der Waals surface area contributed by atoms with Crippen molar-refractivity contribution in [1.29, 1.82) is 0 Å². The number of anilines is 1. The van der Waals surface area contributed by atoms with Gasteiger partial charge in [0.15, 0.2) is 0 Å². The molecule has 0 unspecified atom stereocenters. The molecule has 0 saturated heterocycles. The van der Waals surface area contributed by atoms with E-state index in [0.717, 1.165) is 12.1 Å². The molecule has 0 aliphatic heterocycles. The average Bonchev–Trinajstić information content (AvgIpc) is 2.44. The molecular formula is C12H16F2N2O4S. The smallest absolute Gasteiger partial charge is 0.341 e. The summed E-state index contributed by atoms with van der Waals surface area (Å²) in [6, 6.07) is 4.55. The molecular weight excluding hydrogens is 306 g/mol. The molecule has 0 radical (unpaired) electrons. The maximum Gasteiger partial charge on any atom is 0.341 e. The van der Waals surface area contributed by atoms with Crippen molar-refractivity contribution in [2.45, 2.75) is 10.7 Å². The summed E-state index contributed by atoms with van der Waals surface area (Å²) in [6.07, 6.45) is 0. The largest absolute Gasteiger partial charge is 0.383 e. The standard InChI is InChI=1S/C12H16F2N2O4S/c1-20-7-6-15-8-11(17)16-9-2-4-10(5-3-9)21(18,19)12(13)14/h2-5,12,15H,6-8H2,1H3,(H,16,17). The summed E-state index contributed by atoms with van der Waals surface area (Å²) in [6.45, 7) is 1.03. The van der Waals surface area contributed by atoms with E-state index in [1.54, 1.807) is 0 Å². The fourth-order valence-corrected chi connectivity index (χ4v) is 2.13. The Hall–Kier alpha value is -1.58. The van der Waals surface area contributed by atoms with Crippen molar-refractivity contribution in [2.24, 2.45) is 0 Å². The number of halogens is 2. The number of carbonyl (C=O) groups excluding carboxylic acids is 1. The third-order valence-corrected chi connectivity index (χ3v) is 3.87. The highest BCUT2D eigenvalue weighted by Crippen LogP contribution is 2.20. The van der Waals surface area contributed by atoms with Crippen molar-refractivity contribution in [3.05, 3.63) is 24.3 Å². The Bertz CT molecular complexity index is 561. The van der Waals surface area contributed by atoms with E-state index in [-0.39, 0.29) is 12.5 Å². The van der Waals surface area contributed by atoms with Crippen LogP contribution in [0.4, 0.5) is 14.5 Å². The lowest BCUT2D eigenvalue weighted by Gasteiger charge is -2.08. The number of benzene rings is 1. The molecule has 1 aromatic carbocycles. The van der Waals surface area contributed by atoms with Crippen LogP contribution in [0.3, 0.4) is 0 Å². The SMILES string of the molecule is COCCNCC(=O)Nc1ccc(S(=O)(=O)C(F)F)cc1. The van der Waals surface area contributed by atoms with Crippen LogP contribution in [0.5, 0.6) is 0 Å². The number of carbonyl (C=O) groups is 1. The van der Waals surface area contributed by atoms with Gasteiger partial charge in [0.05, 0.1) is 18.0 Å². The minimum Gasteiger partial charge on any atom is -0.383 e. The Morgan fingerprint density at radius 3 is 2.43 bits per heavy atom. The molecule has 2 N–H and O–H groups in total. The normalized spacial score (nSPS) is 11.6. The molecule has 0 aliphatic carbocycles. The van der Waals surface area contributed by atoms with Crippen molar-refractivity contribution < 1.29 is 26.7 Å². The van der Waals surface area contributed by atoms with E-state index in [9.17, 15) is 22.0 Å². The van der Waals surface area contributed by atoms with Gasteiger partial charge in [-0.3, -0.25) is 4.79 Å². The number of methoxy groups -OCH3 is 1. The summed E-state index contributed by atoms with van der Waals surface area (Å²) in [5.41, 5.74) is 0.321. The number of amides is 1. The molecule has 1 aromatic rings. The molecule has 1 rings (SSSR count). The topological polar surface area (TPSA) is 84.5 Å². The molecule has 118 valence electrons. The predicted octanol–water partition coefficient (Wildman–Crippen LogP) is 0.857. The number of hydrogen-bond donors (Lipinski definition) is 2. The van der Waals surface area contributed by atoms with Gasteiger partial charge in [-0.25, -0.2) is 8.42 Å². The summed E-state index contributed by atoms with van der Waals surface area (Å²) in [5.74, 6) is -3.81. The predicted molar refractivity (Wildman–Crippen MR) is 73.0 cm³/mol. The molecule has 9 heteroatoms. The first kappa shape index (κ1) is 17.5. The first-order valence-corrected chi connectivity index (χ1v) is 7.54. The molecule has 0 bridgehead atoms. The van der Waals surface area contributed by atoms with Gasteiger partial charge in [0, 0.05) is 19.3 Å². The number of alkyl halides is 2. The van der Waals surface area contributed by atoms with Crippen LogP contribution in [0, 0.1) is 0 Å². The third kappa shape index (κ3) is 5.37. The van der Waals surface area contributed by atoms with Crippen molar-refractivity contribution in [1.82, 2.24) is 5.32 Å². The quantitative estimate of drug-likeness (QED) is 0.694. The Labute approximate surface area is 121 Å². The van der Waals surface area contributed by atoms with Gasteiger partial charge in [-0.05, 0) is 24.3 Å². The van der Waals surface area contributed by atoms with Crippen LogP contribution in [0.2, 0.25) is 0 Å². The zero-order chi connectivity index (χ0) is 15.9. The number of rotatable bonds is 8. The van der Waals surface area contributed by atoms with Crippen LogP contribution in [-0.2, 0) is 19.4 Å². The zero-order valence-corrected chi connectivity index (χ0v) is 12.1. The van der Waals surface area contributed by atoms with E-state index in [1.165, 1.54) is 19.2 Å². The summed E-state index contributed by atoms with van der Waals surface area (Å²) < 4.78 is 51.9. The van der Waals surface area contributed by atoms with Crippen LogP contribution in [0.15, 0.2) is 29.2 Å². The van der Waals surface area contributed by atoms with E-state index >= 15 is 0 Å². The lowest BCUT2D eigenvalue weighted by atomic mass is 10.3. The highest BCUT2D eigenvalue weighted by molar-refractivity contribution is 7.91. The van der Waals surface area contributed by atoms with E-state index in [1.807, 2.05) is 0 Å². The number of ether oxygens (including phenoxy) is 1. The molecule has 0 saturated carbocycles. The van der Waals surface area contributed by atoms with Crippen LogP contribution >= 0.6 is 0 Å². The monoisotopic (exact) mass is 322 g/mol. The first-order valence-electron chi connectivity index (χ1n) is 5.99. The van der Waals surface area contributed by atoms with Crippen LogP contribution in [0.1, 0.15) is 0 Å². The fraction of sp³-hybridized carbons (Fsp3) is 0.417. The van der Waals surface area contributed by atoms with Crippen molar-refractivity contribution >= 4 is 21.4 Å². The van der Waals surface area contributed by atoms with E-state index < -0.39 is 20.5 Å². The second-order valence-electron chi connectivity index (χ2n) is 4.05. The van der Waals surface area contributed by atoms with Gasteiger partial charge in [-0.1, -0.05) is 0 Å². The summed E-state index contributed by atoms with van der Waals surface area (Å²) in [4.78, 5) is 11.0. The number of hydrogen-bond acceptors (Lipinski definition) is 5. The van der Waals surface area contributed by atoms with E-state index in [0.29, 0.717) is 18.8 Å². The van der Waals surface area contributed by atoms with E-state index in [2.05, 4.69) is 10.6 Å². The van der Waals surface area contributed by atoms with Crippen molar-refractivity contribution in [3.8, 4) is 0 Å². The van der Waals surface area contributed by atoms with Crippen LogP contribution < -0.4 is 10.6 Å². The van der Waals surface area contributed by atoms with Gasteiger partial charge in [-0.2, -0.15) is 8.78 Å². The second kappa shape index (κ2) is 8.01. The van der Waals surface area contributed by atoms with Gasteiger partial charge in [0.1, 0.15) is 0 Å². The van der Waals surface area contributed by atoms with Crippen molar-refractivity contribution in [3.63, 3.8) is 0 Å².